The van der Waals surface area contributed by atoms with Gasteiger partial charge in [-0.3, -0.25) is 18.6 Å². The second kappa shape index (κ2) is 41.9. The van der Waals surface area contributed by atoms with E-state index in [0.717, 1.165) is 64.2 Å². The molecule has 0 saturated carbocycles. The number of allylic oxidation sites excluding steroid dienone is 6. The zero-order chi connectivity index (χ0) is 40.3. The zero-order valence-corrected chi connectivity index (χ0v) is 36.3. The van der Waals surface area contributed by atoms with Gasteiger partial charge in [-0.05, 0) is 70.6 Å². The molecule has 0 rings (SSSR count). The molecule has 0 aliphatic heterocycles. The zero-order valence-electron chi connectivity index (χ0n) is 35.4. The molecule has 0 aromatic carbocycles. The smallest absolute Gasteiger partial charge is 0.462 e. The van der Waals surface area contributed by atoms with Crippen molar-refractivity contribution < 1.29 is 37.6 Å². The Morgan fingerprint density at radius 2 is 0.945 bits per heavy atom. The van der Waals surface area contributed by atoms with Crippen molar-refractivity contribution in [1.29, 1.82) is 0 Å². The summed E-state index contributed by atoms with van der Waals surface area (Å²) in [6.07, 6.45) is 45.9. The van der Waals surface area contributed by atoms with Crippen LogP contribution in [0.3, 0.4) is 0 Å². The van der Waals surface area contributed by atoms with E-state index in [9.17, 15) is 19.0 Å². The molecule has 9 nitrogen and oxygen atoms in total. The quantitative estimate of drug-likeness (QED) is 0.0268. The number of phosphoric acid groups is 1. The van der Waals surface area contributed by atoms with Gasteiger partial charge < -0.3 is 20.1 Å². The molecular formula is C45H84NO8P. The van der Waals surface area contributed by atoms with Crippen molar-refractivity contribution in [3.63, 3.8) is 0 Å². The van der Waals surface area contributed by atoms with Crippen LogP contribution in [0, 0.1) is 0 Å². The van der Waals surface area contributed by atoms with Crippen molar-refractivity contribution in [2.24, 2.45) is 5.73 Å². The number of carbonyl (C=O) groups is 2. The lowest BCUT2D eigenvalue weighted by atomic mass is 10.1. The summed E-state index contributed by atoms with van der Waals surface area (Å²) in [5, 5.41) is 0. The van der Waals surface area contributed by atoms with Gasteiger partial charge in [-0.2, -0.15) is 0 Å². The molecule has 55 heavy (non-hydrogen) atoms. The van der Waals surface area contributed by atoms with Gasteiger partial charge in [0.25, 0.3) is 0 Å². The summed E-state index contributed by atoms with van der Waals surface area (Å²) in [5.41, 5.74) is 5.35. The lowest BCUT2D eigenvalue weighted by Gasteiger charge is -2.19. The molecule has 0 spiro atoms. The van der Waals surface area contributed by atoms with Gasteiger partial charge in [-0.15, -0.1) is 0 Å². The van der Waals surface area contributed by atoms with E-state index in [-0.39, 0.29) is 38.6 Å². The minimum absolute atomic E-state index is 0.0520. The number of esters is 2. The molecule has 0 saturated heterocycles. The highest BCUT2D eigenvalue weighted by atomic mass is 31.2. The molecular weight excluding hydrogens is 713 g/mol. The first-order valence-electron chi connectivity index (χ1n) is 22.5. The lowest BCUT2D eigenvalue weighted by molar-refractivity contribution is -0.161. The van der Waals surface area contributed by atoms with Gasteiger partial charge >= 0.3 is 19.8 Å². The van der Waals surface area contributed by atoms with Crippen LogP contribution in [0.25, 0.3) is 0 Å². The molecule has 0 fully saturated rings. The standard InChI is InChI=1S/C45H84NO8P/c1-3-5-7-9-11-13-15-17-19-20-21-22-24-26-28-30-32-34-36-38-45(48)54-43(42-53-55(49,50)52-40-39-46)41-51-44(47)37-35-33-31-29-27-25-23-18-16-14-12-10-8-6-4-2/h11,13-14,16-17,19,43H,3-10,12,15,18,20-42,46H2,1-2H3,(H,49,50). The summed E-state index contributed by atoms with van der Waals surface area (Å²) < 4.78 is 32.8. The molecule has 0 aliphatic rings. The van der Waals surface area contributed by atoms with E-state index in [2.05, 4.69) is 50.3 Å². The van der Waals surface area contributed by atoms with Gasteiger partial charge in [0, 0.05) is 19.4 Å². The maximum atomic E-state index is 12.6. The predicted molar refractivity (Wildman–Crippen MR) is 229 cm³/mol. The molecule has 2 atom stereocenters. The van der Waals surface area contributed by atoms with Crippen LogP contribution in [-0.2, 0) is 32.7 Å². The number of unbranched alkanes of at least 4 members (excludes halogenated alkanes) is 23. The third kappa shape index (κ3) is 41.7. The highest BCUT2D eigenvalue weighted by Crippen LogP contribution is 2.43. The SMILES string of the molecule is CCCCCC=CCC=CCCCCCCCCCCCC(=O)OC(COC(=O)CCCCCCCCCC=CCCCCCC)COP(=O)(O)OCCN. The first kappa shape index (κ1) is 53.2. The van der Waals surface area contributed by atoms with Crippen molar-refractivity contribution in [2.45, 2.75) is 213 Å². The van der Waals surface area contributed by atoms with Crippen LogP contribution in [-0.4, -0.2) is 49.3 Å². The Hall–Kier alpha value is -1.77. The fourth-order valence-electron chi connectivity index (χ4n) is 6.13. The summed E-state index contributed by atoms with van der Waals surface area (Å²) in [6, 6.07) is 0. The van der Waals surface area contributed by atoms with E-state index in [0.29, 0.717) is 6.42 Å². The molecule has 0 aromatic rings. The van der Waals surface area contributed by atoms with Gasteiger partial charge in [0.15, 0.2) is 6.10 Å². The van der Waals surface area contributed by atoms with Crippen molar-refractivity contribution in [2.75, 3.05) is 26.4 Å². The molecule has 3 N–H and O–H groups in total. The number of ether oxygens (including phenoxy) is 2. The molecule has 0 heterocycles. The number of nitrogens with two attached hydrogens (primary N) is 1. The van der Waals surface area contributed by atoms with E-state index >= 15 is 0 Å². The fraction of sp³-hybridized carbons (Fsp3) is 0.822. The van der Waals surface area contributed by atoms with Crippen LogP contribution in [0.15, 0.2) is 36.5 Å². The molecule has 322 valence electrons. The van der Waals surface area contributed by atoms with Crippen LogP contribution in [0.5, 0.6) is 0 Å². The summed E-state index contributed by atoms with van der Waals surface area (Å²) in [7, 11) is -4.38. The maximum absolute atomic E-state index is 12.6. The average molecular weight is 798 g/mol. The molecule has 2 unspecified atom stereocenters. The Bertz CT molecular complexity index is 1000. The largest absolute Gasteiger partial charge is 0.472 e. The first-order valence-corrected chi connectivity index (χ1v) is 24.0. The summed E-state index contributed by atoms with van der Waals surface area (Å²) >= 11 is 0. The van der Waals surface area contributed by atoms with Gasteiger partial charge in [-0.25, -0.2) is 4.57 Å². The van der Waals surface area contributed by atoms with Gasteiger partial charge in [-0.1, -0.05) is 159 Å². The molecule has 0 aliphatic carbocycles. The van der Waals surface area contributed by atoms with E-state index in [4.69, 9.17) is 24.3 Å². The lowest BCUT2D eigenvalue weighted by Crippen LogP contribution is -2.29. The third-order valence-corrected chi connectivity index (χ3v) is 10.5. The van der Waals surface area contributed by atoms with Crippen LogP contribution >= 0.6 is 7.82 Å². The molecule has 10 heteroatoms. The van der Waals surface area contributed by atoms with Crippen LogP contribution in [0.1, 0.15) is 206 Å². The Morgan fingerprint density at radius 3 is 1.44 bits per heavy atom. The van der Waals surface area contributed by atoms with Gasteiger partial charge in [0.05, 0.1) is 13.2 Å². The monoisotopic (exact) mass is 798 g/mol. The summed E-state index contributed by atoms with van der Waals surface area (Å²) in [4.78, 5) is 34.9. The third-order valence-electron chi connectivity index (χ3n) is 9.50. The van der Waals surface area contributed by atoms with E-state index in [1.807, 2.05) is 0 Å². The van der Waals surface area contributed by atoms with Crippen molar-refractivity contribution in [3.05, 3.63) is 36.5 Å². The van der Waals surface area contributed by atoms with Crippen LogP contribution in [0.4, 0.5) is 0 Å². The molecule has 0 radical (unpaired) electrons. The van der Waals surface area contributed by atoms with Crippen LogP contribution in [0.2, 0.25) is 0 Å². The summed E-state index contributed by atoms with van der Waals surface area (Å²) in [6.45, 7) is 3.70. The van der Waals surface area contributed by atoms with E-state index < -0.39 is 26.5 Å². The molecule has 0 amide bonds. The number of rotatable bonds is 42. The summed E-state index contributed by atoms with van der Waals surface area (Å²) in [5.74, 6) is -0.835. The minimum Gasteiger partial charge on any atom is -0.462 e. The van der Waals surface area contributed by atoms with Crippen molar-refractivity contribution in [1.82, 2.24) is 0 Å². The Morgan fingerprint density at radius 1 is 0.545 bits per heavy atom. The van der Waals surface area contributed by atoms with Crippen LogP contribution < -0.4 is 5.73 Å². The predicted octanol–water partition coefficient (Wildman–Crippen LogP) is 12.9. The second-order valence-electron chi connectivity index (χ2n) is 14.9. The Kier molecular flexibility index (Phi) is 40.5. The number of carbonyl (C=O) groups excluding carboxylic acids is 2. The second-order valence-corrected chi connectivity index (χ2v) is 16.4. The van der Waals surface area contributed by atoms with E-state index in [1.165, 1.54) is 109 Å². The Labute approximate surface area is 337 Å². The van der Waals surface area contributed by atoms with Crippen molar-refractivity contribution in [3.8, 4) is 0 Å². The van der Waals surface area contributed by atoms with Gasteiger partial charge in [0.1, 0.15) is 6.61 Å². The molecule has 0 aromatic heterocycles. The maximum Gasteiger partial charge on any atom is 0.472 e. The number of hydrogen-bond donors (Lipinski definition) is 2. The molecule has 0 bridgehead atoms. The first-order chi connectivity index (χ1) is 26.8. The van der Waals surface area contributed by atoms with Crippen molar-refractivity contribution >= 4 is 19.8 Å². The average Bonchev–Trinajstić information content (AvgIpc) is 3.17. The highest BCUT2D eigenvalue weighted by Gasteiger charge is 2.26. The topological polar surface area (TPSA) is 134 Å². The van der Waals surface area contributed by atoms with Gasteiger partial charge in [0.2, 0.25) is 0 Å². The Balaban J connectivity index is 4.13. The highest BCUT2D eigenvalue weighted by molar-refractivity contribution is 7.47. The van der Waals surface area contributed by atoms with E-state index in [1.54, 1.807) is 0 Å². The minimum atomic E-state index is -4.38. The number of phosphoric ester groups is 1. The fourth-order valence-corrected chi connectivity index (χ4v) is 6.89. The normalized spacial score (nSPS) is 13.6. The number of hydrogen-bond acceptors (Lipinski definition) is 8.